The van der Waals surface area contributed by atoms with Crippen molar-refractivity contribution in [3.63, 3.8) is 0 Å². The highest BCUT2D eigenvalue weighted by Gasteiger charge is 2.32. The number of amides is 1. The van der Waals surface area contributed by atoms with Crippen LogP contribution in [0.25, 0.3) is 11.0 Å². The van der Waals surface area contributed by atoms with Gasteiger partial charge in [0.2, 0.25) is 5.91 Å². The second-order valence-corrected chi connectivity index (χ2v) is 8.42. The van der Waals surface area contributed by atoms with E-state index in [2.05, 4.69) is 15.5 Å². The number of carbonyl (C=O) groups excluding carboxylic acids is 1. The molecule has 152 valence electrons. The Morgan fingerprint density at radius 3 is 2.25 bits per heavy atom. The number of benzene rings is 1. The zero-order valence-corrected chi connectivity index (χ0v) is 17.1. The molecule has 5 heteroatoms. The van der Waals surface area contributed by atoms with Crippen molar-refractivity contribution in [1.29, 1.82) is 0 Å². The summed E-state index contributed by atoms with van der Waals surface area (Å²) in [4.78, 5) is 20.6. The lowest BCUT2D eigenvalue weighted by atomic mass is 9.88. The molecule has 1 aromatic carbocycles. The molecule has 5 nitrogen and oxygen atoms in total. The van der Waals surface area contributed by atoms with Crippen molar-refractivity contribution in [2.75, 3.05) is 7.11 Å². The van der Waals surface area contributed by atoms with Gasteiger partial charge in [0.1, 0.15) is 19.0 Å². The van der Waals surface area contributed by atoms with Crippen molar-refractivity contribution in [1.82, 2.24) is 14.5 Å². The van der Waals surface area contributed by atoms with E-state index in [1.54, 1.807) is 7.11 Å². The lowest BCUT2D eigenvalue weighted by Crippen LogP contribution is -2.50. The van der Waals surface area contributed by atoms with Crippen LogP contribution in [0, 0.1) is 0 Å². The van der Waals surface area contributed by atoms with E-state index in [9.17, 15) is 4.79 Å². The molecule has 0 aliphatic heterocycles. The van der Waals surface area contributed by atoms with Gasteiger partial charge < -0.3 is 14.2 Å². The quantitative estimate of drug-likeness (QED) is 0.728. The molecular weight excluding hydrogens is 350 g/mol. The van der Waals surface area contributed by atoms with Crippen molar-refractivity contribution in [2.24, 2.45) is 0 Å². The lowest BCUT2D eigenvalue weighted by molar-refractivity contribution is -0.138. The van der Waals surface area contributed by atoms with Crippen LogP contribution in [0.3, 0.4) is 0 Å². The molecule has 0 atom stereocenters. The van der Waals surface area contributed by atoms with Crippen LogP contribution in [0.15, 0.2) is 24.3 Å². The first-order chi connectivity index (χ1) is 13.8. The van der Waals surface area contributed by atoms with Crippen LogP contribution >= 0.6 is 0 Å². The minimum atomic E-state index is 0.263. The summed E-state index contributed by atoms with van der Waals surface area (Å²) in [6.45, 7) is 0.793. The number of para-hydroxylation sites is 2. The highest BCUT2D eigenvalue weighted by Crippen LogP contribution is 2.31. The first-order valence-corrected chi connectivity index (χ1v) is 11.0. The first kappa shape index (κ1) is 19.4. The van der Waals surface area contributed by atoms with E-state index < -0.39 is 0 Å². The van der Waals surface area contributed by atoms with E-state index in [1.165, 1.54) is 38.5 Å². The topological polar surface area (TPSA) is 47.4 Å². The van der Waals surface area contributed by atoms with Gasteiger partial charge in [-0.1, -0.05) is 50.7 Å². The second-order valence-electron chi connectivity index (χ2n) is 8.42. The summed E-state index contributed by atoms with van der Waals surface area (Å²) < 4.78 is 7.43. The fourth-order valence-electron chi connectivity index (χ4n) is 5.18. The molecule has 0 bridgehead atoms. The van der Waals surface area contributed by atoms with E-state index in [0.717, 1.165) is 42.5 Å². The average molecular weight is 384 g/mol. The van der Waals surface area contributed by atoms with E-state index in [1.807, 2.05) is 18.2 Å². The van der Waals surface area contributed by atoms with Crippen LogP contribution in [0.5, 0.6) is 0 Å². The third kappa shape index (κ3) is 4.09. The molecule has 0 radical (unpaired) electrons. The van der Waals surface area contributed by atoms with Crippen LogP contribution in [-0.2, 0) is 22.7 Å². The van der Waals surface area contributed by atoms with Gasteiger partial charge in [-0.05, 0) is 37.8 Å². The molecule has 2 saturated carbocycles. The van der Waals surface area contributed by atoms with Crippen molar-refractivity contribution in [2.45, 2.75) is 89.4 Å². The van der Waals surface area contributed by atoms with E-state index in [4.69, 9.17) is 9.72 Å². The Morgan fingerprint density at radius 2 is 1.64 bits per heavy atom. The van der Waals surface area contributed by atoms with Gasteiger partial charge in [0, 0.05) is 19.2 Å². The molecule has 1 heterocycles. The normalized spacial score (nSPS) is 19.2. The number of hydrogen-bond donors (Lipinski definition) is 0. The maximum absolute atomic E-state index is 13.6. The summed E-state index contributed by atoms with van der Waals surface area (Å²) in [5.74, 6) is 1.10. The van der Waals surface area contributed by atoms with Crippen molar-refractivity contribution in [3.05, 3.63) is 30.1 Å². The summed E-state index contributed by atoms with van der Waals surface area (Å²) >= 11 is 0. The summed E-state index contributed by atoms with van der Waals surface area (Å²) in [7, 11) is 1.68. The lowest BCUT2D eigenvalue weighted by Gasteiger charge is -2.42. The zero-order chi connectivity index (χ0) is 19.3. The Balaban J connectivity index is 1.62. The smallest absolute Gasteiger partial charge is 0.243 e. The Bertz CT molecular complexity index is 770. The SMILES string of the molecule is COCc1nc2ccccc2n1CC(=O)N(C1CCCCC1)C1CCCCC1. The fraction of sp³-hybridized carbons (Fsp3) is 0.652. The van der Waals surface area contributed by atoms with Crippen LogP contribution in [-0.4, -0.2) is 39.6 Å². The summed E-state index contributed by atoms with van der Waals surface area (Å²) in [5.41, 5.74) is 1.96. The van der Waals surface area contributed by atoms with Crippen LogP contribution < -0.4 is 0 Å². The number of methoxy groups -OCH3 is 1. The van der Waals surface area contributed by atoms with Crippen LogP contribution in [0.4, 0.5) is 0 Å². The number of carbonyl (C=O) groups is 1. The largest absolute Gasteiger partial charge is 0.377 e. The molecule has 0 saturated heterocycles. The zero-order valence-electron chi connectivity index (χ0n) is 17.1. The Labute approximate surface area is 168 Å². The number of ether oxygens (including phenoxy) is 1. The molecule has 0 spiro atoms. The van der Waals surface area contributed by atoms with Gasteiger partial charge >= 0.3 is 0 Å². The maximum Gasteiger partial charge on any atom is 0.243 e. The average Bonchev–Trinajstić information content (AvgIpc) is 3.07. The van der Waals surface area contributed by atoms with Crippen molar-refractivity contribution >= 4 is 16.9 Å². The summed E-state index contributed by atoms with van der Waals surface area (Å²) in [6, 6.07) is 8.92. The number of imidazole rings is 1. The molecule has 1 aromatic heterocycles. The number of rotatable bonds is 6. The highest BCUT2D eigenvalue weighted by atomic mass is 16.5. The Kier molecular flexibility index (Phi) is 6.30. The molecule has 2 aliphatic rings. The van der Waals surface area contributed by atoms with Gasteiger partial charge in [-0.2, -0.15) is 0 Å². The third-order valence-corrected chi connectivity index (χ3v) is 6.52. The second kappa shape index (κ2) is 9.08. The fourth-order valence-corrected chi connectivity index (χ4v) is 5.18. The predicted molar refractivity (Wildman–Crippen MR) is 111 cm³/mol. The van der Waals surface area contributed by atoms with Gasteiger partial charge in [-0.25, -0.2) is 4.98 Å². The molecule has 28 heavy (non-hydrogen) atoms. The predicted octanol–water partition coefficient (Wildman–Crippen LogP) is 4.68. The first-order valence-electron chi connectivity index (χ1n) is 11.0. The van der Waals surface area contributed by atoms with Gasteiger partial charge in [0.25, 0.3) is 0 Å². The van der Waals surface area contributed by atoms with Crippen molar-refractivity contribution < 1.29 is 9.53 Å². The van der Waals surface area contributed by atoms with E-state index >= 15 is 0 Å². The molecule has 2 fully saturated rings. The van der Waals surface area contributed by atoms with E-state index in [-0.39, 0.29) is 5.91 Å². The minimum Gasteiger partial charge on any atom is -0.377 e. The molecular formula is C23H33N3O2. The maximum atomic E-state index is 13.6. The standard InChI is InChI=1S/C23H33N3O2/c1-28-17-22-24-20-14-8-9-15-21(20)25(22)16-23(27)26(18-10-4-2-5-11-18)19-12-6-3-7-13-19/h8-9,14-15,18-19H,2-7,10-13,16-17H2,1H3. The Hall–Kier alpha value is -1.88. The molecule has 2 aliphatic carbocycles. The van der Waals surface area contributed by atoms with Crippen molar-refractivity contribution in [3.8, 4) is 0 Å². The highest BCUT2D eigenvalue weighted by molar-refractivity contribution is 5.81. The molecule has 2 aromatic rings. The number of hydrogen-bond acceptors (Lipinski definition) is 3. The Morgan fingerprint density at radius 1 is 1.04 bits per heavy atom. The third-order valence-electron chi connectivity index (χ3n) is 6.52. The van der Waals surface area contributed by atoms with Gasteiger partial charge in [0.05, 0.1) is 11.0 Å². The van der Waals surface area contributed by atoms with Gasteiger partial charge in [0.15, 0.2) is 0 Å². The monoisotopic (exact) mass is 383 g/mol. The number of fused-ring (bicyclic) bond motifs is 1. The molecule has 0 unspecified atom stereocenters. The molecule has 4 rings (SSSR count). The summed E-state index contributed by atoms with van der Waals surface area (Å²) in [5, 5.41) is 0. The number of aromatic nitrogens is 2. The summed E-state index contributed by atoms with van der Waals surface area (Å²) in [6.07, 6.45) is 12.3. The number of nitrogens with zero attached hydrogens (tertiary/aromatic N) is 3. The van der Waals surface area contributed by atoms with E-state index in [0.29, 0.717) is 25.2 Å². The van der Waals surface area contributed by atoms with Crippen LogP contribution in [0.1, 0.15) is 70.0 Å². The molecule has 1 amide bonds. The molecule has 0 N–H and O–H groups in total. The minimum absolute atomic E-state index is 0.263. The van der Waals surface area contributed by atoms with Gasteiger partial charge in [-0.15, -0.1) is 0 Å². The van der Waals surface area contributed by atoms with Gasteiger partial charge in [-0.3, -0.25) is 4.79 Å². The van der Waals surface area contributed by atoms with Crippen LogP contribution in [0.2, 0.25) is 0 Å².